The molecule has 13 rings (SSSR count). The van der Waals surface area contributed by atoms with Gasteiger partial charge in [-0.15, -0.1) is 0 Å². The molecule has 0 aromatic heterocycles. The molecule has 0 fully saturated rings. The van der Waals surface area contributed by atoms with Gasteiger partial charge >= 0.3 is 0 Å². The molecule has 344 valence electrons. The summed E-state index contributed by atoms with van der Waals surface area (Å²) < 4.78 is 0. The summed E-state index contributed by atoms with van der Waals surface area (Å²) in [6, 6.07) is 84.0. The van der Waals surface area contributed by atoms with Crippen LogP contribution in [-0.2, 0) is 0 Å². The van der Waals surface area contributed by atoms with Crippen LogP contribution in [0.1, 0.15) is 31.4 Å². The maximum Gasteiger partial charge on any atom is 0.0468 e. The standard InChI is InChI=1S/C70H54N2/c1-45-35-46(2)38-59(37-45)71(55-29-27-49-15-5-7-19-53(49)41-55)57-31-33-65-67(43-57)69(63-25-13-21-51-17-9-11-23-61(51)63)66-34-32-58(44-68(66)70(65)64-26-14-22-52-18-10-12-24-62(52)64)72(60-39-47(3)36-48(4)40-60)56-30-28-50-16-6-8-20-54(50)42-56/h5-35,37-44,47H,36H2,1-4H3. The van der Waals surface area contributed by atoms with Crippen LogP contribution >= 0.6 is 0 Å². The lowest BCUT2D eigenvalue weighted by Gasteiger charge is -2.31. The molecule has 1 aliphatic carbocycles. The van der Waals surface area contributed by atoms with Crippen LogP contribution in [0.2, 0.25) is 0 Å². The number of nitrogens with zero attached hydrogens (tertiary/aromatic N) is 2. The predicted octanol–water partition coefficient (Wildman–Crippen LogP) is 20.0. The Kier molecular flexibility index (Phi) is 10.6. The Balaban J connectivity index is 1.16. The van der Waals surface area contributed by atoms with Gasteiger partial charge < -0.3 is 9.80 Å². The molecule has 0 bridgehead atoms. The number of anilines is 5. The van der Waals surface area contributed by atoms with E-state index in [0.717, 1.165) is 34.9 Å². The van der Waals surface area contributed by atoms with E-state index >= 15 is 0 Å². The number of aryl methyl sites for hydroxylation is 2. The van der Waals surface area contributed by atoms with Gasteiger partial charge in [-0.3, -0.25) is 0 Å². The molecule has 12 aromatic carbocycles. The molecule has 2 heteroatoms. The molecule has 0 heterocycles. The Bertz CT molecular complexity index is 4180. The van der Waals surface area contributed by atoms with Crippen molar-refractivity contribution in [1.82, 2.24) is 0 Å². The quantitative estimate of drug-likeness (QED) is 0.140. The van der Waals surface area contributed by atoms with E-state index in [1.54, 1.807) is 0 Å². The lowest BCUT2D eigenvalue weighted by molar-refractivity contribution is 0.697. The molecule has 0 N–H and O–H groups in total. The number of hydrogen-bond donors (Lipinski definition) is 0. The summed E-state index contributed by atoms with van der Waals surface area (Å²) in [5.41, 5.74) is 15.6. The molecule has 0 spiro atoms. The second-order valence-corrected chi connectivity index (χ2v) is 20.1. The van der Waals surface area contributed by atoms with Crippen LogP contribution < -0.4 is 9.80 Å². The van der Waals surface area contributed by atoms with Crippen molar-refractivity contribution in [2.45, 2.75) is 34.1 Å². The third-order valence-electron chi connectivity index (χ3n) is 14.9. The maximum absolute atomic E-state index is 2.49. The van der Waals surface area contributed by atoms with Crippen molar-refractivity contribution < 1.29 is 0 Å². The lowest BCUT2D eigenvalue weighted by Crippen LogP contribution is -2.18. The molecule has 12 aromatic rings. The predicted molar refractivity (Wildman–Crippen MR) is 311 cm³/mol. The largest absolute Gasteiger partial charge is 0.311 e. The highest BCUT2D eigenvalue weighted by molar-refractivity contribution is 6.26. The van der Waals surface area contributed by atoms with Gasteiger partial charge in [0.15, 0.2) is 0 Å². The molecule has 0 radical (unpaired) electrons. The van der Waals surface area contributed by atoms with E-state index in [0.29, 0.717) is 5.92 Å². The lowest BCUT2D eigenvalue weighted by atomic mass is 9.83. The number of rotatable bonds is 8. The van der Waals surface area contributed by atoms with Gasteiger partial charge in [0, 0.05) is 34.1 Å². The summed E-state index contributed by atoms with van der Waals surface area (Å²) in [7, 11) is 0. The Morgan fingerprint density at radius 3 is 1.29 bits per heavy atom. The average Bonchev–Trinajstić information content (AvgIpc) is 3.39. The van der Waals surface area contributed by atoms with Gasteiger partial charge in [0.1, 0.15) is 0 Å². The van der Waals surface area contributed by atoms with Crippen LogP contribution in [0.5, 0.6) is 0 Å². The van der Waals surface area contributed by atoms with Gasteiger partial charge in [-0.05, 0) is 198 Å². The highest BCUT2D eigenvalue weighted by atomic mass is 15.2. The zero-order chi connectivity index (χ0) is 48.5. The summed E-state index contributed by atoms with van der Waals surface area (Å²) in [5, 5.41) is 14.6. The van der Waals surface area contributed by atoms with Crippen LogP contribution in [0.3, 0.4) is 0 Å². The van der Waals surface area contributed by atoms with E-state index in [9.17, 15) is 0 Å². The summed E-state index contributed by atoms with van der Waals surface area (Å²) >= 11 is 0. The van der Waals surface area contributed by atoms with Gasteiger partial charge in [-0.1, -0.05) is 182 Å². The van der Waals surface area contributed by atoms with Gasteiger partial charge in [0.05, 0.1) is 0 Å². The van der Waals surface area contributed by atoms with Crippen molar-refractivity contribution in [3.63, 3.8) is 0 Å². The van der Waals surface area contributed by atoms with Crippen molar-refractivity contribution >= 4 is 93.1 Å². The van der Waals surface area contributed by atoms with E-state index in [2.05, 4.69) is 274 Å². The van der Waals surface area contributed by atoms with Crippen molar-refractivity contribution in [3.8, 4) is 22.3 Å². The topological polar surface area (TPSA) is 6.48 Å². The highest BCUT2D eigenvalue weighted by Crippen LogP contribution is 2.50. The molecule has 1 atom stereocenters. The van der Waals surface area contributed by atoms with Gasteiger partial charge in [0.2, 0.25) is 0 Å². The van der Waals surface area contributed by atoms with Crippen molar-refractivity contribution in [2.24, 2.45) is 5.92 Å². The summed E-state index contributed by atoms with van der Waals surface area (Å²) in [4.78, 5) is 4.95. The number of allylic oxidation sites excluding steroid dienone is 3. The Labute approximate surface area is 422 Å². The maximum atomic E-state index is 2.49. The Morgan fingerprint density at radius 2 is 0.764 bits per heavy atom. The second kappa shape index (κ2) is 17.6. The fraction of sp³-hybridized carbons (Fsp3) is 0.0857. The summed E-state index contributed by atoms with van der Waals surface area (Å²) in [6.45, 7) is 9.02. The van der Waals surface area contributed by atoms with Crippen molar-refractivity contribution in [1.29, 1.82) is 0 Å². The number of benzene rings is 12. The monoisotopic (exact) mass is 922 g/mol. The minimum atomic E-state index is 0.411. The summed E-state index contributed by atoms with van der Waals surface area (Å²) in [6.07, 6.45) is 5.91. The van der Waals surface area contributed by atoms with Crippen LogP contribution in [-0.4, -0.2) is 0 Å². The smallest absolute Gasteiger partial charge is 0.0468 e. The molecule has 0 amide bonds. The van der Waals surface area contributed by atoms with E-state index < -0.39 is 0 Å². The Hall–Kier alpha value is -8.72. The molecule has 0 aliphatic heterocycles. The molecular formula is C70H54N2. The third-order valence-corrected chi connectivity index (χ3v) is 14.9. The van der Waals surface area contributed by atoms with Crippen LogP contribution in [0, 0.1) is 19.8 Å². The molecule has 1 unspecified atom stereocenters. The first-order valence-electron chi connectivity index (χ1n) is 25.4. The van der Waals surface area contributed by atoms with E-state index in [1.807, 2.05) is 0 Å². The van der Waals surface area contributed by atoms with Crippen molar-refractivity contribution in [2.75, 3.05) is 9.80 Å². The zero-order valence-electron chi connectivity index (χ0n) is 41.2. The molecule has 1 aliphatic rings. The van der Waals surface area contributed by atoms with E-state index in [-0.39, 0.29) is 0 Å². The molecule has 72 heavy (non-hydrogen) atoms. The fourth-order valence-corrected chi connectivity index (χ4v) is 11.9. The van der Waals surface area contributed by atoms with E-state index in [1.165, 1.54) is 109 Å². The number of fused-ring (bicyclic) bond motifs is 6. The normalized spacial score (nSPS) is 13.8. The molecule has 0 saturated heterocycles. The molecule has 0 saturated carbocycles. The highest BCUT2D eigenvalue weighted by Gasteiger charge is 2.25. The first-order chi connectivity index (χ1) is 35.3. The summed E-state index contributed by atoms with van der Waals surface area (Å²) in [5.74, 6) is 0.411. The van der Waals surface area contributed by atoms with Gasteiger partial charge in [-0.2, -0.15) is 0 Å². The Morgan fingerprint density at radius 1 is 0.333 bits per heavy atom. The zero-order valence-corrected chi connectivity index (χ0v) is 41.2. The SMILES string of the molecule is CC1=CC(N(c2ccc3ccccc3c2)c2ccc3c(-c4cccc5ccccc45)c4cc(N(c5cc(C)cc(C)c5)c5ccc6ccccc6c5)ccc4c(-c4cccc5ccccc45)c3c2)=CC(C)C1. The molecule has 2 nitrogen and oxygen atoms in total. The van der Waals surface area contributed by atoms with Crippen LogP contribution in [0.15, 0.2) is 248 Å². The fourth-order valence-electron chi connectivity index (χ4n) is 11.9. The first kappa shape index (κ1) is 43.3. The van der Waals surface area contributed by atoms with Crippen LogP contribution in [0.25, 0.3) is 86.9 Å². The minimum absolute atomic E-state index is 0.411. The third kappa shape index (κ3) is 7.59. The molecular weight excluding hydrogens is 869 g/mol. The first-order valence-corrected chi connectivity index (χ1v) is 25.4. The average molecular weight is 923 g/mol. The van der Waals surface area contributed by atoms with Gasteiger partial charge in [-0.25, -0.2) is 0 Å². The minimum Gasteiger partial charge on any atom is -0.311 e. The van der Waals surface area contributed by atoms with E-state index in [4.69, 9.17) is 0 Å². The second-order valence-electron chi connectivity index (χ2n) is 20.1. The van der Waals surface area contributed by atoms with Crippen molar-refractivity contribution in [3.05, 3.63) is 259 Å². The number of hydrogen-bond acceptors (Lipinski definition) is 2. The van der Waals surface area contributed by atoms with Crippen LogP contribution in [0.4, 0.5) is 28.4 Å². The van der Waals surface area contributed by atoms with Gasteiger partial charge in [0.25, 0.3) is 0 Å².